The number of carbonyl (C=O) groups excluding carboxylic acids is 1. The Morgan fingerprint density at radius 3 is 2.92 bits per heavy atom. The number of aryl methyl sites for hydroxylation is 1. The number of aliphatic hydroxyl groups excluding tert-OH is 1. The van der Waals surface area contributed by atoms with Crippen LogP contribution in [0.4, 0.5) is 5.95 Å². The molecule has 3 rings (SSSR count). The van der Waals surface area contributed by atoms with E-state index in [9.17, 15) is 9.90 Å². The van der Waals surface area contributed by atoms with Crippen LogP contribution in [0.2, 0.25) is 0 Å². The van der Waals surface area contributed by atoms with E-state index in [2.05, 4.69) is 15.2 Å². The molecule has 0 spiro atoms. The molecule has 2 aliphatic rings. The Morgan fingerprint density at radius 1 is 1.40 bits per heavy atom. The first kappa shape index (κ1) is 18.5. The highest BCUT2D eigenvalue weighted by Gasteiger charge is 2.26. The van der Waals surface area contributed by atoms with E-state index in [-0.39, 0.29) is 18.6 Å². The summed E-state index contributed by atoms with van der Waals surface area (Å²) in [4.78, 5) is 23.7. The van der Waals surface area contributed by atoms with Crippen LogP contribution in [-0.2, 0) is 11.2 Å². The fourth-order valence-electron chi connectivity index (χ4n) is 3.62. The predicted octanol–water partition coefficient (Wildman–Crippen LogP) is 1.93. The summed E-state index contributed by atoms with van der Waals surface area (Å²) in [6.07, 6.45) is 9.43. The first-order valence-corrected chi connectivity index (χ1v) is 10.6. The largest absolute Gasteiger partial charge is 0.396 e. The van der Waals surface area contributed by atoms with E-state index < -0.39 is 0 Å². The third-order valence-corrected chi connectivity index (χ3v) is 5.81. The van der Waals surface area contributed by atoms with Gasteiger partial charge in [0.2, 0.25) is 11.9 Å². The Balaban J connectivity index is 1.66. The number of amides is 1. The minimum Gasteiger partial charge on any atom is -0.396 e. The van der Waals surface area contributed by atoms with Crippen LogP contribution < -0.4 is 10.2 Å². The number of aliphatic hydroxyl groups is 1. The van der Waals surface area contributed by atoms with Crippen LogP contribution in [0.25, 0.3) is 0 Å². The topological polar surface area (TPSA) is 78.4 Å². The van der Waals surface area contributed by atoms with Gasteiger partial charge in [-0.15, -0.1) is 0 Å². The maximum atomic E-state index is 12.1. The molecule has 0 radical (unpaired) electrons. The van der Waals surface area contributed by atoms with Crippen LogP contribution in [0.3, 0.4) is 0 Å². The van der Waals surface area contributed by atoms with Gasteiger partial charge in [0.1, 0.15) is 0 Å². The molecule has 1 aromatic rings. The van der Waals surface area contributed by atoms with Gasteiger partial charge in [0.25, 0.3) is 0 Å². The number of hydrogen-bond acceptors (Lipinski definition) is 6. The molecule has 0 aromatic carbocycles. The normalized spacial score (nSPS) is 21.0. The lowest BCUT2D eigenvalue weighted by Gasteiger charge is -2.32. The third kappa shape index (κ3) is 4.64. The van der Waals surface area contributed by atoms with E-state index in [1.165, 1.54) is 0 Å². The van der Waals surface area contributed by atoms with Crippen molar-refractivity contribution in [2.75, 3.05) is 36.6 Å². The summed E-state index contributed by atoms with van der Waals surface area (Å²) in [5, 5.41) is 12.4. The standard InChI is InChI=1S/C18H28N4O2S/c1-25-10-7-17(24)20-15-3-2-4-16-14(15)11-19-18(21-16)22-8-5-13(12-23)6-9-22/h11,13,15,23H,2-10,12H2,1H3,(H,20,24)/t15-/m0/s1. The number of anilines is 1. The van der Waals surface area contributed by atoms with Gasteiger partial charge in [-0.05, 0) is 44.3 Å². The number of nitrogens with zero attached hydrogens (tertiary/aromatic N) is 3. The molecule has 2 N–H and O–H groups in total. The van der Waals surface area contributed by atoms with Gasteiger partial charge < -0.3 is 15.3 Å². The van der Waals surface area contributed by atoms with Crippen molar-refractivity contribution in [3.05, 3.63) is 17.5 Å². The van der Waals surface area contributed by atoms with Crippen LogP contribution in [-0.4, -0.2) is 52.7 Å². The molecule has 0 bridgehead atoms. The first-order chi connectivity index (χ1) is 12.2. The minimum absolute atomic E-state index is 0.0484. The molecule has 1 amide bonds. The first-order valence-electron chi connectivity index (χ1n) is 9.21. The molecule has 1 aliphatic heterocycles. The molecule has 1 fully saturated rings. The summed E-state index contributed by atoms with van der Waals surface area (Å²) in [6, 6.07) is 0.0484. The van der Waals surface area contributed by atoms with Crippen molar-refractivity contribution in [2.24, 2.45) is 5.92 Å². The van der Waals surface area contributed by atoms with Gasteiger partial charge in [0.15, 0.2) is 0 Å². The van der Waals surface area contributed by atoms with E-state index in [4.69, 9.17) is 4.98 Å². The molecule has 1 aliphatic carbocycles. The van der Waals surface area contributed by atoms with Crippen molar-refractivity contribution >= 4 is 23.6 Å². The van der Waals surface area contributed by atoms with Crippen LogP contribution >= 0.6 is 11.8 Å². The van der Waals surface area contributed by atoms with Crippen LogP contribution in [0, 0.1) is 5.92 Å². The summed E-state index contributed by atoms with van der Waals surface area (Å²) in [6.45, 7) is 2.08. The molecule has 0 unspecified atom stereocenters. The molecule has 6 nitrogen and oxygen atoms in total. The van der Waals surface area contributed by atoms with E-state index in [0.29, 0.717) is 12.3 Å². The quantitative estimate of drug-likeness (QED) is 0.803. The Hall–Kier alpha value is -1.34. The zero-order valence-electron chi connectivity index (χ0n) is 14.9. The average Bonchev–Trinajstić information content (AvgIpc) is 2.66. The van der Waals surface area contributed by atoms with Crippen molar-refractivity contribution in [3.8, 4) is 0 Å². The second-order valence-corrected chi connectivity index (χ2v) is 7.93. The van der Waals surface area contributed by atoms with E-state index in [0.717, 1.165) is 68.2 Å². The monoisotopic (exact) mass is 364 g/mol. The summed E-state index contributed by atoms with van der Waals surface area (Å²) < 4.78 is 0. The Kier molecular flexibility index (Phi) is 6.53. The molecule has 1 atom stereocenters. The van der Waals surface area contributed by atoms with E-state index in [1.807, 2.05) is 12.5 Å². The highest BCUT2D eigenvalue weighted by molar-refractivity contribution is 7.98. The van der Waals surface area contributed by atoms with Gasteiger partial charge in [0, 0.05) is 43.6 Å². The molecule has 1 saturated heterocycles. The lowest BCUT2D eigenvalue weighted by molar-refractivity contribution is -0.121. The Morgan fingerprint density at radius 2 is 2.20 bits per heavy atom. The zero-order valence-corrected chi connectivity index (χ0v) is 15.7. The fourth-order valence-corrected chi connectivity index (χ4v) is 4.00. The number of rotatable bonds is 6. The highest BCUT2D eigenvalue weighted by atomic mass is 32.2. The average molecular weight is 365 g/mol. The number of hydrogen-bond donors (Lipinski definition) is 2. The van der Waals surface area contributed by atoms with Crippen molar-refractivity contribution in [2.45, 2.75) is 44.6 Å². The van der Waals surface area contributed by atoms with Gasteiger partial charge in [-0.3, -0.25) is 4.79 Å². The molecule has 138 valence electrons. The molecular formula is C18H28N4O2S. The fraction of sp³-hybridized carbons (Fsp3) is 0.722. The van der Waals surface area contributed by atoms with Crippen molar-refractivity contribution in [1.82, 2.24) is 15.3 Å². The summed E-state index contributed by atoms with van der Waals surface area (Å²) in [5.74, 6) is 2.17. The van der Waals surface area contributed by atoms with Gasteiger partial charge in [0.05, 0.1) is 11.7 Å². The van der Waals surface area contributed by atoms with Gasteiger partial charge in [-0.1, -0.05) is 0 Å². The van der Waals surface area contributed by atoms with Crippen molar-refractivity contribution < 1.29 is 9.90 Å². The molecule has 0 saturated carbocycles. The van der Waals surface area contributed by atoms with Gasteiger partial charge in [-0.25, -0.2) is 9.97 Å². The summed E-state index contributed by atoms with van der Waals surface area (Å²) in [7, 11) is 0. The second-order valence-electron chi connectivity index (χ2n) is 6.94. The molecular weight excluding hydrogens is 336 g/mol. The van der Waals surface area contributed by atoms with Crippen molar-refractivity contribution in [1.29, 1.82) is 0 Å². The minimum atomic E-state index is 0.0484. The maximum absolute atomic E-state index is 12.1. The molecule has 25 heavy (non-hydrogen) atoms. The highest BCUT2D eigenvalue weighted by Crippen LogP contribution is 2.30. The number of fused-ring (bicyclic) bond motifs is 1. The molecule has 2 heterocycles. The Bertz CT molecular complexity index is 590. The number of thioether (sulfide) groups is 1. The van der Waals surface area contributed by atoms with Crippen molar-refractivity contribution in [3.63, 3.8) is 0 Å². The summed E-state index contributed by atoms with van der Waals surface area (Å²) in [5.41, 5.74) is 2.16. The molecule has 7 heteroatoms. The van der Waals surface area contributed by atoms with Crippen LogP contribution in [0.15, 0.2) is 6.20 Å². The maximum Gasteiger partial charge on any atom is 0.225 e. The zero-order chi connectivity index (χ0) is 17.6. The summed E-state index contributed by atoms with van der Waals surface area (Å²) >= 11 is 1.69. The smallest absolute Gasteiger partial charge is 0.225 e. The van der Waals surface area contributed by atoms with E-state index in [1.54, 1.807) is 11.8 Å². The Labute approximate surface area is 153 Å². The van der Waals surface area contributed by atoms with Gasteiger partial charge >= 0.3 is 0 Å². The van der Waals surface area contributed by atoms with Crippen LogP contribution in [0.5, 0.6) is 0 Å². The number of nitrogens with one attached hydrogen (secondary N) is 1. The lowest BCUT2D eigenvalue weighted by atomic mass is 9.92. The third-order valence-electron chi connectivity index (χ3n) is 5.19. The lowest BCUT2D eigenvalue weighted by Crippen LogP contribution is -2.36. The SMILES string of the molecule is CSCCC(=O)N[C@H]1CCCc2nc(N3CCC(CO)CC3)ncc21. The molecule has 1 aromatic heterocycles. The van der Waals surface area contributed by atoms with E-state index >= 15 is 0 Å². The number of piperidine rings is 1. The van der Waals surface area contributed by atoms with Crippen LogP contribution in [0.1, 0.15) is 49.4 Å². The predicted molar refractivity (Wildman–Crippen MR) is 101 cm³/mol. The second kappa shape index (κ2) is 8.85. The van der Waals surface area contributed by atoms with Gasteiger partial charge in [-0.2, -0.15) is 11.8 Å². The number of carbonyl (C=O) groups is 1. The number of aromatic nitrogens is 2.